The smallest absolute Gasteiger partial charge is 0.317 e. The van der Waals surface area contributed by atoms with Crippen LogP contribution in [0.2, 0.25) is 0 Å². The molecule has 1 aliphatic carbocycles. The van der Waals surface area contributed by atoms with E-state index >= 15 is 0 Å². The zero-order chi connectivity index (χ0) is 10.6. The van der Waals surface area contributed by atoms with E-state index in [0.29, 0.717) is 6.54 Å². The maximum Gasteiger partial charge on any atom is 0.317 e. The molecule has 1 aliphatic rings. The minimum absolute atomic E-state index is 0.00477. The molecule has 0 saturated heterocycles. The van der Waals surface area contributed by atoms with Gasteiger partial charge in [-0.1, -0.05) is 12.8 Å². The molecule has 82 valence electrons. The number of carbonyl (C=O) groups excluding carboxylic acids is 1. The van der Waals surface area contributed by atoms with E-state index in [2.05, 4.69) is 5.32 Å². The second-order valence-electron chi connectivity index (χ2n) is 3.96. The molecule has 0 spiro atoms. The van der Waals surface area contributed by atoms with Gasteiger partial charge in [0.15, 0.2) is 0 Å². The van der Waals surface area contributed by atoms with Crippen molar-refractivity contribution in [3.8, 4) is 0 Å². The molecule has 4 heteroatoms. The molecule has 2 unspecified atom stereocenters. The van der Waals surface area contributed by atoms with Gasteiger partial charge in [0, 0.05) is 25.7 Å². The molecule has 1 saturated carbocycles. The zero-order valence-corrected chi connectivity index (χ0v) is 9.12. The molecule has 2 atom stereocenters. The fourth-order valence-corrected chi connectivity index (χ4v) is 2.05. The van der Waals surface area contributed by atoms with Gasteiger partial charge < -0.3 is 16.0 Å². The molecule has 0 aromatic rings. The van der Waals surface area contributed by atoms with Gasteiger partial charge in [0.05, 0.1) is 0 Å². The summed E-state index contributed by atoms with van der Waals surface area (Å²) in [4.78, 5) is 13.3. The van der Waals surface area contributed by atoms with Gasteiger partial charge in [-0.25, -0.2) is 4.79 Å². The number of nitrogens with one attached hydrogen (secondary N) is 1. The first kappa shape index (κ1) is 11.3. The summed E-state index contributed by atoms with van der Waals surface area (Å²) in [6.45, 7) is 2.59. The van der Waals surface area contributed by atoms with E-state index in [0.717, 1.165) is 12.8 Å². The van der Waals surface area contributed by atoms with Crippen molar-refractivity contribution in [3.05, 3.63) is 0 Å². The zero-order valence-electron chi connectivity index (χ0n) is 9.12. The molecule has 0 aliphatic heterocycles. The molecule has 14 heavy (non-hydrogen) atoms. The van der Waals surface area contributed by atoms with Crippen LogP contribution in [0.3, 0.4) is 0 Å². The lowest BCUT2D eigenvalue weighted by atomic mass is 9.90. The average Bonchev–Trinajstić information content (AvgIpc) is 2.18. The Kier molecular flexibility index (Phi) is 4.20. The fourth-order valence-electron chi connectivity index (χ4n) is 2.05. The maximum absolute atomic E-state index is 11.5. The Morgan fingerprint density at radius 3 is 2.71 bits per heavy atom. The number of urea groups is 1. The molecule has 1 rings (SSSR count). The number of hydrogen-bond donors (Lipinski definition) is 2. The van der Waals surface area contributed by atoms with E-state index < -0.39 is 0 Å². The summed E-state index contributed by atoms with van der Waals surface area (Å²) in [6, 6.07) is 0.363. The van der Waals surface area contributed by atoms with Crippen LogP contribution in [0.15, 0.2) is 0 Å². The maximum atomic E-state index is 11.5. The molecular weight excluding hydrogens is 178 g/mol. The standard InChI is InChI=1S/C10H21N3O/c1-3-12-10(14)13(2)9-7-5-4-6-8(9)11/h8-9H,3-7,11H2,1-2H3,(H,12,14). The normalized spacial score (nSPS) is 27.1. The topological polar surface area (TPSA) is 58.4 Å². The van der Waals surface area contributed by atoms with Crippen molar-refractivity contribution < 1.29 is 4.79 Å². The van der Waals surface area contributed by atoms with Gasteiger partial charge in [-0.05, 0) is 19.8 Å². The Labute approximate surface area is 85.8 Å². The quantitative estimate of drug-likeness (QED) is 0.694. The van der Waals surface area contributed by atoms with Crippen molar-refractivity contribution in [1.29, 1.82) is 0 Å². The molecule has 0 aromatic heterocycles. The van der Waals surface area contributed by atoms with Gasteiger partial charge in [0.2, 0.25) is 0 Å². The van der Waals surface area contributed by atoms with Crippen molar-refractivity contribution in [2.24, 2.45) is 5.73 Å². The van der Waals surface area contributed by atoms with Crippen LogP contribution in [0.1, 0.15) is 32.6 Å². The minimum Gasteiger partial charge on any atom is -0.338 e. The molecule has 2 amide bonds. The summed E-state index contributed by atoms with van der Waals surface area (Å²) < 4.78 is 0. The number of hydrogen-bond acceptors (Lipinski definition) is 2. The molecular formula is C10H21N3O. The molecule has 0 aromatic carbocycles. The molecule has 0 bridgehead atoms. The SMILES string of the molecule is CCNC(=O)N(C)C1CCCCC1N. The van der Waals surface area contributed by atoms with Gasteiger partial charge in [-0.2, -0.15) is 0 Å². The van der Waals surface area contributed by atoms with E-state index in [4.69, 9.17) is 5.73 Å². The highest BCUT2D eigenvalue weighted by molar-refractivity contribution is 5.74. The van der Waals surface area contributed by atoms with E-state index in [-0.39, 0.29) is 18.1 Å². The van der Waals surface area contributed by atoms with E-state index in [1.807, 2.05) is 14.0 Å². The van der Waals surface area contributed by atoms with Crippen LogP contribution in [-0.4, -0.2) is 36.6 Å². The van der Waals surface area contributed by atoms with Gasteiger partial charge >= 0.3 is 6.03 Å². The average molecular weight is 199 g/mol. The summed E-state index contributed by atoms with van der Waals surface area (Å²) in [6.07, 6.45) is 4.45. The monoisotopic (exact) mass is 199 g/mol. The number of carbonyl (C=O) groups is 1. The van der Waals surface area contributed by atoms with Crippen molar-refractivity contribution in [2.45, 2.75) is 44.7 Å². The number of amides is 2. The van der Waals surface area contributed by atoms with Gasteiger partial charge in [0.25, 0.3) is 0 Å². The highest BCUT2D eigenvalue weighted by atomic mass is 16.2. The summed E-state index contributed by atoms with van der Waals surface area (Å²) >= 11 is 0. The number of nitrogens with two attached hydrogens (primary N) is 1. The summed E-state index contributed by atoms with van der Waals surface area (Å²) in [5.74, 6) is 0. The predicted molar refractivity (Wildman–Crippen MR) is 57.1 cm³/mol. The van der Waals surface area contributed by atoms with Crippen LogP contribution in [0.25, 0.3) is 0 Å². The lowest BCUT2D eigenvalue weighted by molar-refractivity contribution is 0.163. The van der Waals surface area contributed by atoms with Crippen LogP contribution >= 0.6 is 0 Å². The lowest BCUT2D eigenvalue weighted by Gasteiger charge is -2.35. The van der Waals surface area contributed by atoms with E-state index in [9.17, 15) is 4.79 Å². The Balaban J connectivity index is 2.48. The third kappa shape index (κ3) is 2.61. The number of nitrogens with zero attached hydrogens (tertiary/aromatic N) is 1. The highest BCUT2D eigenvalue weighted by Gasteiger charge is 2.27. The Morgan fingerprint density at radius 2 is 2.14 bits per heavy atom. The molecule has 0 radical (unpaired) electrons. The first-order chi connectivity index (χ1) is 6.66. The Bertz CT molecular complexity index is 196. The summed E-state index contributed by atoms with van der Waals surface area (Å²) in [5, 5.41) is 2.79. The Morgan fingerprint density at radius 1 is 1.50 bits per heavy atom. The summed E-state index contributed by atoms with van der Waals surface area (Å²) in [5.41, 5.74) is 5.99. The van der Waals surface area contributed by atoms with Crippen LogP contribution in [-0.2, 0) is 0 Å². The van der Waals surface area contributed by atoms with Gasteiger partial charge in [-0.3, -0.25) is 0 Å². The van der Waals surface area contributed by atoms with Crippen molar-refractivity contribution in [2.75, 3.05) is 13.6 Å². The van der Waals surface area contributed by atoms with Crippen LogP contribution in [0.4, 0.5) is 4.79 Å². The first-order valence-electron chi connectivity index (χ1n) is 5.43. The summed E-state index contributed by atoms with van der Waals surface area (Å²) in [7, 11) is 1.83. The first-order valence-corrected chi connectivity index (χ1v) is 5.43. The number of rotatable bonds is 2. The van der Waals surface area contributed by atoms with E-state index in [1.165, 1.54) is 12.8 Å². The minimum atomic E-state index is -0.00477. The highest BCUT2D eigenvalue weighted by Crippen LogP contribution is 2.20. The van der Waals surface area contributed by atoms with Crippen molar-refractivity contribution in [3.63, 3.8) is 0 Å². The van der Waals surface area contributed by atoms with Crippen molar-refractivity contribution >= 4 is 6.03 Å². The second-order valence-corrected chi connectivity index (χ2v) is 3.96. The van der Waals surface area contributed by atoms with Gasteiger partial charge in [-0.15, -0.1) is 0 Å². The molecule has 1 fully saturated rings. The third-order valence-electron chi connectivity index (χ3n) is 2.93. The largest absolute Gasteiger partial charge is 0.338 e. The third-order valence-corrected chi connectivity index (χ3v) is 2.93. The van der Waals surface area contributed by atoms with Crippen molar-refractivity contribution in [1.82, 2.24) is 10.2 Å². The fraction of sp³-hybridized carbons (Fsp3) is 0.900. The van der Waals surface area contributed by atoms with Crippen LogP contribution < -0.4 is 11.1 Å². The van der Waals surface area contributed by atoms with Crippen LogP contribution in [0, 0.1) is 0 Å². The Hall–Kier alpha value is -0.770. The lowest BCUT2D eigenvalue weighted by Crippen LogP contribution is -2.52. The van der Waals surface area contributed by atoms with Crippen LogP contribution in [0.5, 0.6) is 0 Å². The molecule has 0 heterocycles. The molecule has 3 N–H and O–H groups in total. The van der Waals surface area contributed by atoms with E-state index in [1.54, 1.807) is 4.90 Å². The number of likely N-dealkylation sites (N-methyl/N-ethyl adjacent to an activating group) is 1. The predicted octanol–water partition coefficient (Wildman–Crippen LogP) is 0.918. The molecule has 4 nitrogen and oxygen atoms in total. The van der Waals surface area contributed by atoms with Gasteiger partial charge in [0.1, 0.15) is 0 Å². The second kappa shape index (κ2) is 5.20.